The van der Waals surface area contributed by atoms with Crippen LogP contribution in [0.2, 0.25) is 0 Å². The zero-order valence-corrected chi connectivity index (χ0v) is 10.5. The fourth-order valence-electron chi connectivity index (χ4n) is 1.46. The van der Waals surface area contributed by atoms with Crippen molar-refractivity contribution in [1.82, 2.24) is 20.5 Å². The molecule has 0 unspecified atom stereocenters. The molecule has 2 aromatic heterocycles. The maximum absolute atomic E-state index is 11.5. The molecule has 0 saturated carbocycles. The second-order valence-electron chi connectivity index (χ2n) is 3.76. The van der Waals surface area contributed by atoms with Crippen LogP contribution in [0.5, 0.6) is 0 Å². The van der Waals surface area contributed by atoms with E-state index in [0.717, 1.165) is 0 Å². The van der Waals surface area contributed by atoms with E-state index in [9.17, 15) is 9.59 Å². The monoisotopic (exact) mass is 277 g/mol. The lowest BCUT2D eigenvalue weighted by molar-refractivity contribution is 0.0695. The second kappa shape index (κ2) is 5.78. The normalized spacial score (nSPS) is 10.1. The maximum Gasteiger partial charge on any atom is 0.339 e. The van der Waals surface area contributed by atoms with Gasteiger partial charge in [0.2, 0.25) is 0 Å². The van der Waals surface area contributed by atoms with E-state index in [4.69, 9.17) is 9.52 Å². The number of carbonyl (C=O) groups is 2. The van der Waals surface area contributed by atoms with Gasteiger partial charge in [-0.3, -0.25) is 5.32 Å². The summed E-state index contributed by atoms with van der Waals surface area (Å²) >= 11 is 0. The molecule has 9 nitrogen and oxygen atoms in total. The van der Waals surface area contributed by atoms with Crippen LogP contribution in [0.25, 0.3) is 0 Å². The molecule has 0 aliphatic carbocycles. The number of aryl methyl sites for hydroxylation is 1. The van der Waals surface area contributed by atoms with Crippen LogP contribution in [0.15, 0.2) is 22.9 Å². The highest BCUT2D eigenvalue weighted by atomic mass is 16.4. The molecule has 0 atom stereocenters. The second-order valence-corrected chi connectivity index (χ2v) is 3.76. The average molecular weight is 277 g/mol. The molecule has 0 saturated heterocycles. The number of carbonyl (C=O) groups excluding carboxylic acids is 1. The highest BCUT2D eigenvalue weighted by Gasteiger charge is 2.14. The summed E-state index contributed by atoms with van der Waals surface area (Å²) < 4.78 is 5.21. The first-order valence-electron chi connectivity index (χ1n) is 5.57. The van der Waals surface area contributed by atoms with E-state index in [1.807, 2.05) is 0 Å². The van der Waals surface area contributed by atoms with E-state index in [-0.39, 0.29) is 23.8 Å². The molecule has 2 heterocycles. The number of furan rings is 1. The lowest BCUT2D eigenvalue weighted by Gasteiger charge is -2.03. The summed E-state index contributed by atoms with van der Waals surface area (Å²) in [6, 6.07) is 0.808. The number of aromatic nitrogens is 3. The molecule has 2 amide bonds. The van der Waals surface area contributed by atoms with E-state index in [1.54, 1.807) is 0 Å². The van der Waals surface area contributed by atoms with Gasteiger partial charge in [-0.25, -0.2) is 14.6 Å². The molecule has 0 spiro atoms. The fraction of sp³-hybridized carbons (Fsp3) is 0.182. The Hall–Kier alpha value is -2.97. The molecular formula is C11H11N5O4. The third-order valence-electron chi connectivity index (χ3n) is 2.33. The van der Waals surface area contributed by atoms with Gasteiger partial charge in [0, 0.05) is 0 Å². The van der Waals surface area contributed by atoms with E-state index in [0.29, 0.717) is 5.76 Å². The van der Waals surface area contributed by atoms with Gasteiger partial charge in [-0.1, -0.05) is 0 Å². The van der Waals surface area contributed by atoms with Crippen LogP contribution < -0.4 is 10.6 Å². The van der Waals surface area contributed by atoms with Gasteiger partial charge in [0.15, 0.2) is 0 Å². The van der Waals surface area contributed by atoms with Gasteiger partial charge in [0.05, 0.1) is 18.9 Å². The summed E-state index contributed by atoms with van der Waals surface area (Å²) in [6.45, 7) is 1.58. The number of urea groups is 1. The van der Waals surface area contributed by atoms with Crippen molar-refractivity contribution in [2.24, 2.45) is 0 Å². The Balaban J connectivity index is 1.90. The van der Waals surface area contributed by atoms with Crippen molar-refractivity contribution in [3.05, 3.63) is 35.5 Å². The molecular weight excluding hydrogens is 266 g/mol. The van der Waals surface area contributed by atoms with E-state index in [2.05, 4.69) is 25.8 Å². The number of hydrogen-bond donors (Lipinski definition) is 3. The molecule has 104 valence electrons. The number of anilines is 1. The smallest absolute Gasteiger partial charge is 0.339 e. The number of nitrogens with zero attached hydrogens (tertiary/aromatic N) is 3. The number of nitrogens with one attached hydrogen (secondary N) is 2. The average Bonchev–Trinajstić information content (AvgIpc) is 2.79. The largest absolute Gasteiger partial charge is 0.478 e. The van der Waals surface area contributed by atoms with Crippen LogP contribution >= 0.6 is 0 Å². The van der Waals surface area contributed by atoms with Crippen molar-refractivity contribution in [2.45, 2.75) is 13.5 Å². The number of carboxylic acids is 1. The summed E-state index contributed by atoms with van der Waals surface area (Å²) in [6.07, 6.45) is 2.76. The lowest BCUT2D eigenvalue weighted by Crippen LogP contribution is -2.28. The molecule has 0 aliphatic heterocycles. The van der Waals surface area contributed by atoms with Gasteiger partial charge in [0.1, 0.15) is 17.1 Å². The van der Waals surface area contributed by atoms with Crippen molar-refractivity contribution in [3.63, 3.8) is 0 Å². The van der Waals surface area contributed by atoms with Crippen molar-refractivity contribution in [1.29, 1.82) is 0 Å². The Bertz CT molecular complexity index is 625. The van der Waals surface area contributed by atoms with Crippen molar-refractivity contribution in [3.8, 4) is 0 Å². The lowest BCUT2D eigenvalue weighted by atomic mass is 10.2. The summed E-state index contributed by atoms with van der Waals surface area (Å²) in [7, 11) is 0. The molecule has 0 bridgehead atoms. The quantitative estimate of drug-likeness (QED) is 0.753. The number of rotatable bonds is 4. The fourth-order valence-corrected chi connectivity index (χ4v) is 1.46. The summed E-state index contributed by atoms with van der Waals surface area (Å²) in [5.74, 6) is -0.398. The Kier molecular flexibility index (Phi) is 3.89. The molecule has 0 fully saturated rings. The standard InChI is InChI=1S/C11H11N5O4/c1-6-8(9(17)18)4-7(20-6)5-13-11(19)15-10-12-2-3-14-16-10/h2-4H,5H2,1H3,(H,17,18)(H2,12,13,15,16,19). The summed E-state index contributed by atoms with van der Waals surface area (Å²) in [5.41, 5.74) is 0.0674. The van der Waals surface area contributed by atoms with Crippen LogP contribution in [0.4, 0.5) is 10.7 Å². The summed E-state index contributed by atoms with van der Waals surface area (Å²) in [5, 5.41) is 20.8. The predicted molar refractivity (Wildman–Crippen MR) is 66.1 cm³/mol. The first-order valence-corrected chi connectivity index (χ1v) is 5.57. The van der Waals surface area contributed by atoms with Gasteiger partial charge >= 0.3 is 12.0 Å². The molecule has 0 radical (unpaired) electrons. The maximum atomic E-state index is 11.5. The van der Waals surface area contributed by atoms with Gasteiger partial charge in [-0.05, 0) is 13.0 Å². The molecule has 0 aliphatic rings. The van der Waals surface area contributed by atoms with Crippen molar-refractivity contribution >= 4 is 17.9 Å². The molecule has 0 aromatic carbocycles. The number of amides is 2. The third kappa shape index (κ3) is 3.28. The molecule has 20 heavy (non-hydrogen) atoms. The van der Waals surface area contributed by atoms with Crippen LogP contribution in [0, 0.1) is 6.92 Å². The number of aromatic carboxylic acids is 1. The number of hydrogen-bond acceptors (Lipinski definition) is 6. The topological polar surface area (TPSA) is 130 Å². The number of carboxylic acid groups (broad SMARTS) is 1. The van der Waals surface area contributed by atoms with Crippen LogP contribution in [0.3, 0.4) is 0 Å². The molecule has 2 aromatic rings. The SMILES string of the molecule is Cc1oc(CNC(=O)Nc2nccnn2)cc1C(=O)O. The van der Waals surface area contributed by atoms with Gasteiger partial charge in [-0.15, -0.1) is 5.10 Å². The van der Waals surface area contributed by atoms with Crippen LogP contribution in [-0.2, 0) is 6.54 Å². The Morgan fingerprint density at radius 2 is 2.20 bits per heavy atom. The van der Waals surface area contributed by atoms with Crippen molar-refractivity contribution in [2.75, 3.05) is 5.32 Å². The molecule has 3 N–H and O–H groups in total. The highest BCUT2D eigenvalue weighted by Crippen LogP contribution is 2.14. The molecule has 9 heteroatoms. The third-order valence-corrected chi connectivity index (χ3v) is 2.33. The van der Waals surface area contributed by atoms with Gasteiger partial charge in [0.25, 0.3) is 5.95 Å². The zero-order valence-electron chi connectivity index (χ0n) is 10.5. The van der Waals surface area contributed by atoms with E-state index >= 15 is 0 Å². The van der Waals surface area contributed by atoms with Gasteiger partial charge in [-0.2, -0.15) is 5.10 Å². The Morgan fingerprint density at radius 1 is 1.40 bits per heavy atom. The van der Waals surface area contributed by atoms with E-state index in [1.165, 1.54) is 25.4 Å². The Labute approximate surface area is 113 Å². The van der Waals surface area contributed by atoms with E-state index < -0.39 is 12.0 Å². The summed E-state index contributed by atoms with van der Waals surface area (Å²) in [4.78, 5) is 26.1. The zero-order chi connectivity index (χ0) is 14.5. The minimum absolute atomic E-state index is 0.0419. The van der Waals surface area contributed by atoms with Crippen molar-refractivity contribution < 1.29 is 19.1 Å². The van der Waals surface area contributed by atoms with Crippen LogP contribution in [-0.4, -0.2) is 32.3 Å². The first-order chi connectivity index (χ1) is 9.56. The Morgan fingerprint density at radius 3 is 2.80 bits per heavy atom. The minimum Gasteiger partial charge on any atom is -0.478 e. The van der Waals surface area contributed by atoms with Gasteiger partial charge < -0.3 is 14.8 Å². The first kappa shape index (κ1) is 13.5. The minimum atomic E-state index is -1.08. The predicted octanol–water partition coefficient (Wildman–Crippen LogP) is 0.793. The van der Waals surface area contributed by atoms with Crippen LogP contribution in [0.1, 0.15) is 21.9 Å². The highest BCUT2D eigenvalue weighted by molar-refractivity contribution is 5.89. The molecule has 2 rings (SSSR count).